The molecule has 1 amide bonds. The van der Waals surface area contributed by atoms with Crippen molar-refractivity contribution in [2.75, 3.05) is 0 Å². The van der Waals surface area contributed by atoms with E-state index in [1.165, 1.54) is 6.07 Å². The van der Waals surface area contributed by atoms with Crippen LogP contribution < -0.4 is 5.32 Å². The number of hydrogen-bond donors (Lipinski definition) is 1. The van der Waals surface area contributed by atoms with Crippen molar-refractivity contribution in [1.82, 2.24) is 5.32 Å². The molecule has 0 bridgehead atoms. The second kappa shape index (κ2) is 5.09. The van der Waals surface area contributed by atoms with Crippen LogP contribution in [0, 0.1) is 11.7 Å². The van der Waals surface area contributed by atoms with Crippen LogP contribution in [-0.4, -0.2) is 5.91 Å². The Kier molecular flexibility index (Phi) is 3.69. The highest BCUT2D eigenvalue weighted by Gasteiger charge is 2.39. The Labute approximate surface area is 108 Å². The van der Waals surface area contributed by atoms with Crippen LogP contribution >= 0.6 is 0 Å². The minimum absolute atomic E-state index is 0.000142. The Balaban J connectivity index is 2.33. The first-order valence-corrected chi connectivity index (χ1v) is 6.62. The van der Waals surface area contributed by atoms with E-state index in [-0.39, 0.29) is 17.6 Å². The molecule has 0 saturated heterocycles. The number of carbonyl (C=O) groups excluding carboxylic acids is 1. The van der Waals surface area contributed by atoms with E-state index in [4.69, 9.17) is 0 Å². The average Bonchev–Trinajstić information content (AvgIpc) is 2.79. The molecule has 1 aliphatic carbocycles. The lowest BCUT2D eigenvalue weighted by Gasteiger charge is -2.32. The first-order chi connectivity index (χ1) is 8.55. The number of halogens is 1. The molecule has 1 aliphatic rings. The molecule has 0 spiro atoms. The maximum atomic E-state index is 14.0. The molecule has 2 nitrogen and oxygen atoms in total. The summed E-state index contributed by atoms with van der Waals surface area (Å²) in [6, 6.07) is 6.78. The van der Waals surface area contributed by atoms with Crippen LogP contribution in [0.25, 0.3) is 0 Å². The van der Waals surface area contributed by atoms with Crippen molar-refractivity contribution < 1.29 is 9.18 Å². The van der Waals surface area contributed by atoms with Gasteiger partial charge in [-0.1, -0.05) is 44.9 Å². The highest BCUT2D eigenvalue weighted by molar-refractivity contribution is 5.79. The van der Waals surface area contributed by atoms with Gasteiger partial charge in [-0.2, -0.15) is 0 Å². The zero-order valence-corrected chi connectivity index (χ0v) is 11.0. The van der Waals surface area contributed by atoms with Crippen LogP contribution in [0.3, 0.4) is 0 Å². The van der Waals surface area contributed by atoms with Crippen molar-refractivity contribution in [1.29, 1.82) is 0 Å². The summed E-state index contributed by atoms with van der Waals surface area (Å²) < 4.78 is 14.0. The number of rotatable bonds is 3. The van der Waals surface area contributed by atoms with Crippen LogP contribution in [0.2, 0.25) is 0 Å². The third-order valence-corrected chi connectivity index (χ3v) is 3.73. The van der Waals surface area contributed by atoms with Gasteiger partial charge in [-0.25, -0.2) is 4.39 Å². The van der Waals surface area contributed by atoms with Gasteiger partial charge in [-0.05, 0) is 18.9 Å². The van der Waals surface area contributed by atoms with Gasteiger partial charge in [-0.3, -0.25) is 4.79 Å². The largest absolute Gasteiger partial charge is 0.346 e. The molecule has 1 N–H and O–H groups in total. The molecule has 0 radical (unpaired) electrons. The van der Waals surface area contributed by atoms with Crippen LogP contribution in [0.5, 0.6) is 0 Å². The van der Waals surface area contributed by atoms with Crippen molar-refractivity contribution in [3.8, 4) is 0 Å². The number of benzene rings is 1. The Morgan fingerprint density at radius 3 is 2.44 bits per heavy atom. The molecular weight excluding hydrogens is 229 g/mol. The topological polar surface area (TPSA) is 29.1 Å². The molecular formula is C15H20FNO. The first-order valence-electron chi connectivity index (χ1n) is 6.62. The molecule has 1 aromatic rings. The molecule has 1 aromatic carbocycles. The first kappa shape index (κ1) is 13.1. The summed E-state index contributed by atoms with van der Waals surface area (Å²) >= 11 is 0. The molecule has 0 unspecified atom stereocenters. The SMILES string of the molecule is CC(C)C(=O)NC1(c2ccccc2F)CCCC1. The fraction of sp³-hybridized carbons (Fsp3) is 0.533. The molecule has 0 aliphatic heterocycles. The third kappa shape index (κ3) is 2.40. The maximum Gasteiger partial charge on any atom is 0.223 e. The Hall–Kier alpha value is -1.38. The number of hydrogen-bond acceptors (Lipinski definition) is 1. The molecule has 2 rings (SSSR count). The summed E-state index contributed by atoms with van der Waals surface area (Å²) in [5.74, 6) is -0.294. The van der Waals surface area contributed by atoms with E-state index >= 15 is 0 Å². The quantitative estimate of drug-likeness (QED) is 0.874. The minimum atomic E-state index is -0.493. The Morgan fingerprint density at radius 2 is 1.89 bits per heavy atom. The average molecular weight is 249 g/mol. The molecule has 0 aromatic heterocycles. The highest BCUT2D eigenvalue weighted by atomic mass is 19.1. The fourth-order valence-corrected chi connectivity index (χ4v) is 2.67. The fourth-order valence-electron chi connectivity index (χ4n) is 2.67. The monoisotopic (exact) mass is 249 g/mol. The zero-order valence-electron chi connectivity index (χ0n) is 11.0. The highest BCUT2D eigenvalue weighted by Crippen LogP contribution is 2.39. The van der Waals surface area contributed by atoms with E-state index in [0.717, 1.165) is 25.7 Å². The van der Waals surface area contributed by atoms with Crippen molar-refractivity contribution >= 4 is 5.91 Å². The summed E-state index contributed by atoms with van der Waals surface area (Å²) in [5, 5.41) is 3.07. The van der Waals surface area contributed by atoms with Gasteiger partial charge in [-0.15, -0.1) is 0 Å². The smallest absolute Gasteiger partial charge is 0.223 e. The standard InChI is InChI=1S/C15H20FNO/c1-11(2)14(18)17-15(9-5-6-10-15)12-7-3-4-8-13(12)16/h3-4,7-8,11H,5-6,9-10H2,1-2H3,(H,17,18). The van der Waals surface area contributed by atoms with Crippen molar-refractivity contribution in [3.63, 3.8) is 0 Å². The van der Waals surface area contributed by atoms with Crippen LogP contribution in [0.4, 0.5) is 4.39 Å². The Bertz CT molecular complexity index is 436. The zero-order chi connectivity index (χ0) is 13.2. The van der Waals surface area contributed by atoms with Gasteiger partial charge in [0.25, 0.3) is 0 Å². The van der Waals surface area contributed by atoms with Gasteiger partial charge in [0.1, 0.15) is 5.82 Å². The lowest BCUT2D eigenvalue weighted by Crippen LogP contribution is -2.46. The Morgan fingerprint density at radius 1 is 1.28 bits per heavy atom. The van der Waals surface area contributed by atoms with Gasteiger partial charge >= 0.3 is 0 Å². The number of carbonyl (C=O) groups is 1. The van der Waals surface area contributed by atoms with Gasteiger partial charge in [0.15, 0.2) is 0 Å². The van der Waals surface area contributed by atoms with Crippen LogP contribution in [0.1, 0.15) is 45.1 Å². The van der Waals surface area contributed by atoms with Crippen molar-refractivity contribution in [2.24, 2.45) is 5.92 Å². The predicted molar refractivity (Wildman–Crippen MR) is 69.5 cm³/mol. The summed E-state index contributed by atoms with van der Waals surface area (Å²) in [7, 11) is 0. The number of nitrogens with one attached hydrogen (secondary N) is 1. The van der Waals surface area contributed by atoms with E-state index in [1.807, 2.05) is 19.9 Å². The maximum absolute atomic E-state index is 14.0. The molecule has 0 heterocycles. The van der Waals surface area contributed by atoms with Gasteiger partial charge in [0.2, 0.25) is 5.91 Å². The van der Waals surface area contributed by atoms with E-state index in [2.05, 4.69) is 5.32 Å². The summed E-state index contributed by atoms with van der Waals surface area (Å²) in [6.07, 6.45) is 3.72. The van der Waals surface area contributed by atoms with Crippen molar-refractivity contribution in [2.45, 2.75) is 45.1 Å². The summed E-state index contributed by atoms with van der Waals surface area (Å²) in [5.41, 5.74) is 0.142. The van der Waals surface area contributed by atoms with E-state index in [0.29, 0.717) is 5.56 Å². The van der Waals surface area contributed by atoms with Crippen LogP contribution in [-0.2, 0) is 10.3 Å². The lowest BCUT2D eigenvalue weighted by molar-refractivity contribution is -0.126. The second-order valence-corrected chi connectivity index (χ2v) is 5.41. The molecule has 3 heteroatoms. The van der Waals surface area contributed by atoms with Crippen LogP contribution in [0.15, 0.2) is 24.3 Å². The van der Waals surface area contributed by atoms with Gasteiger partial charge < -0.3 is 5.32 Å². The summed E-state index contributed by atoms with van der Waals surface area (Å²) in [4.78, 5) is 12.0. The molecule has 98 valence electrons. The number of amides is 1. The minimum Gasteiger partial charge on any atom is -0.346 e. The normalized spacial score (nSPS) is 18.0. The summed E-state index contributed by atoms with van der Waals surface area (Å²) in [6.45, 7) is 3.72. The van der Waals surface area contributed by atoms with Gasteiger partial charge in [0.05, 0.1) is 5.54 Å². The second-order valence-electron chi connectivity index (χ2n) is 5.41. The van der Waals surface area contributed by atoms with E-state index < -0.39 is 5.54 Å². The van der Waals surface area contributed by atoms with E-state index in [1.54, 1.807) is 12.1 Å². The molecule has 18 heavy (non-hydrogen) atoms. The lowest BCUT2D eigenvalue weighted by atomic mass is 9.87. The molecule has 1 saturated carbocycles. The molecule has 0 atom stereocenters. The molecule has 1 fully saturated rings. The third-order valence-electron chi connectivity index (χ3n) is 3.73. The van der Waals surface area contributed by atoms with Crippen molar-refractivity contribution in [3.05, 3.63) is 35.6 Å². The van der Waals surface area contributed by atoms with E-state index in [9.17, 15) is 9.18 Å². The predicted octanol–water partition coefficient (Wildman–Crippen LogP) is 3.37. The van der Waals surface area contributed by atoms with Gasteiger partial charge in [0, 0.05) is 11.5 Å².